The third-order valence-corrected chi connectivity index (χ3v) is 5.96. The van der Waals surface area contributed by atoms with Crippen LogP contribution in [0, 0.1) is 5.92 Å². The zero-order valence-corrected chi connectivity index (χ0v) is 14.0. The monoisotopic (exact) mass is 340 g/mol. The maximum absolute atomic E-state index is 12.7. The smallest absolute Gasteiger partial charge is 0.260 e. The summed E-state index contributed by atoms with van der Waals surface area (Å²) in [4.78, 5) is 22.5. The fourth-order valence-corrected chi connectivity index (χ4v) is 4.91. The number of H-pyrrole nitrogens is 1. The lowest BCUT2D eigenvalue weighted by molar-refractivity contribution is 0.174. The van der Waals surface area contributed by atoms with E-state index in [2.05, 4.69) is 11.9 Å². The number of rotatable bonds is 1. The Hall–Kier alpha value is -2.34. The van der Waals surface area contributed by atoms with Crippen LogP contribution in [-0.2, 0) is 12.8 Å². The molecule has 1 atom stereocenters. The van der Waals surface area contributed by atoms with Crippen molar-refractivity contribution in [2.75, 3.05) is 6.79 Å². The third-order valence-electron chi connectivity index (χ3n) is 4.81. The molecule has 0 fully saturated rings. The van der Waals surface area contributed by atoms with Crippen LogP contribution in [0.1, 0.15) is 23.8 Å². The highest BCUT2D eigenvalue weighted by Gasteiger charge is 2.23. The summed E-state index contributed by atoms with van der Waals surface area (Å²) >= 11 is 1.66. The van der Waals surface area contributed by atoms with E-state index in [1.165, 1.54) is 10.4 Å². The average molecular weight is 340 g/mol. The van der Waals surface area contributed by atoms with Crippen LogP contribution in [0.3, 0.4) is 0 Å². The molecule has 5 nitrogen and oxygen atoms in total. The molecule has 5 rings (SSSR count). The lowest BCUT2D eigenvalue weighted by atomic mass is 9.89. The van der Waals surface area contributed by atoms with E-state index >= 15 is 0 Å². The standard InChI is InChI=1S/C18H16N2O3S/c1-9-2-4-11-14(6-9)24-18-15(11)17(21)19-16(20-18)10-3-5-12-13(7-10)23-8-22-12/h3,5,7,9H,2,4,6,8H2,1H3,(H,19,20,21)/t9-/m0/s1. The number of nitrogens with zero attached hydrogens (tertiary/aromatic N) is 1. The molecule has 3 aromatic rings. The van der Waals surface area contributed by atoms with Gasteiger partial charge < -0.3 is 14.5 Å². The first-order valence-corrected chi connectivity index (χ1v) is 8.95. The lowest BCUT2D eigenvalue weighted by Gasteiger charge is -2.17. The van der Waals surface area contributed by atoms with E-state index in [1.54, 1.807) is 11.3 Å². The molecule has 3 heterocycles. The highest BCUT2D eigenvalue weighted by molar-refractivity contribution is 7.18. The van der Waals surface area contributed by atoms with Gasteiger partial charge >= 0.3 is 0 Å². The maximum Gasteiger partial charge on any atom is 0.260 e. The number of thiophene rings is 1. The maximum atomic E-state index is 12.7. The van der Waals surface area contributed by atoms with Gasteiger partial charge in [-0.05, 0) is 48.9 Å². The first kappa shape index (κ1) is 14.0. The van der Waals surface area contributed by atoms with Crippen LogP contribution in [0.15, 0.2) is 23.0 Å². The second kappa shape index (κ2) is 5.08. The summed E-state index contributed by atoms with van der Waals surface area (Å²) < 4.78 is 10.8. The molecular weight excluding hydrogens is 324 g/mol. The van der Waals surface area contributed by atoms with Gasteiger partial charge in [0.2, 0.25) is 6.79 Å². The number of aromatic amines is 1. The number of fused-ring (bicyclic) bond motifs is 4. The van der Waals surface area contributed by atoms with Crippen molar-refractivity contribution in [3.05, 3.63) is 39.0 Å². The third kappa shape index (κ3) is 2.06. The van der Waals surface area contributed by atoms with Crippen LogP contribution in [0.4, 0.5) is 0 Å². The zero-order valence-electron chi connectivity index (χ0n) is 13.2. The van der Waals surface area contributed by atoms with E-state index in [-0.39, 0.29) is 12.4 Å². The van der Waals surface area contributed by atoms with E-state index in [1.807, 2.05) is 18.2 Å². The quantitative estimate of drug-likeness (QED) is 0.736. The van der Waals surface area contributed by atoms with E-state index < -0.39 is 0 Å². The zero-order chi connectivity index (χ0) is 16.3. The van der Waals surface area contributed by atoms with Crippen molar-refractivity contribution < 1.29 is 9.47 Å². The minimum atomic E-state index is -0.0419. The molecule has 0 amide bonds. The van der Waals surface area contributed by atoms with Crippen LogP contribution < -0.4 is 15.0 Å². The number of nitrogens with one attached hydrogen (secondary N) is 1. The molecule has 24 heavy (non-hydrogen) atoms. The van der Waals surface area contributed by atoms with Gasteiger partial charge in [-0.3, -0.25) is 4.79 Å². The van der Waals surface area contributed by atoms with Gasteiger partial charge in [0.05, 0.1) is 5.39 Å². The Morgan fingerprint density at radius 2 is 2.17 bits per heavy atom. The molecule has 1 aliphatic heterocycles. The Labute approximate surface area is 142 Å². The van der Waals surface area contributed by atoms with Gasteiger partial charge in [-0.2, -0.15) is 0 Å². The van der Waals surface area contributed by atoms with Gasteiger partial charge in [-0.15, -0.1) is 11.3 Å². The highest BCUT2D eigenvalue weighted by Crippen LogP contribution is 2.38. The van der Waals surface area contributed by atoms with Crippen molar-refractivity contribution in [3.63, 3.8) is 0 Å². The van der Waals surface area contributed by atoms with Gasteiger partial charge in [0.1, 0.15) is 10.7 Å². The van der Waals surface area contributed by atoms with Gasteiger partial charge in [-0.1, -0.05) is 6.92 Å². The van der Waals surface area contributed by atoms with Crippen LogP contribution in [-0.4, -0.2) is 16.8 Å². The number of benzene rings is 1. The Morgan fingerprint density at radius 1 is 1.29 bits per heavy atom. The second-order valence-corrected chi connectivity index (χ2v) is 7.60. The summed E-state index contributed by atoms with van der Waals surface area (Å²) in [6.07, 6.45) is 3.17. The largest absolute Gasteiger partial charge is 0.454 e. The van der Waals surface area contributed by atoms with E-state index in [4.69, 9.17) is 14.5 Å². The predicted molar refractivity (Wildman–Crippen MR) is 93.0 cm³/mol. The molecule has 0 saturated heterocycles. The summed E-state index contributed by atoms with van der Waals surface area (Å²) in [6, 6.07) is 5.61. The second-order valence-electron chi connectivity index (χ2n) is 6.51. The lowest BCUT2D eigenvalue weighted by Crippen LogP contribution is -2.13. The normalized spacial score (nSPS) is 18.8. The fourth-order valence-electron chi connectivity index (χ4n) is 3.53. The fraction of sp³-hybridized carbons (Fsp3) is 0.333. The minimum Gasteiger partial charge on any atom is -0.454 e. The van der Waals surface area contributed by atoms with Crippen molar-refractivity contribution in [2.24, 2.45) is 5.92 Å². The van der Waals surface area contributed by atoms with E-state index in [0.29, 0.717) is 17.5 Å². The van der Waals surface area contributed by atoms with Crippen LogP contribution in [0.2, 0.25) is 0 Å². The van der Waals surface area contributed by atoms with Crippen LogP contribution >= 0.6 is 11.3 Å². The Kier molecular flexibility index (Phi) is 2.97. The average Bonchev–Trinajstić information content (AvgIpc) is 3.17. The molecule has 0 radical (unpaired) electrons. The van der Waals surface area contributed by atoms with Crippen molar-refractivity contribution in [3.8, 4) is 22.9 Å². The molecule has 6 heteroatoms. The minimum absolute atomic E-state index is 0.0419. The first-order valence-electron chi connectivity index (χ1n) is 8.13. The first-order chi connectivity index (χ1) is 11.7. The molecule has 1 N–H and O–H groups in total. The summed E-state index contributed by atoms with van der Waals surface area (Å²) in [7, 11) is 0. The van der Waals surface area contributed by atoms with Crippen LogP contribution in [0.25, 0.3) is 21.6 Å². The number of ether oxygens (including phenoxy) is 2. The molecule has 1 aromatic carbocycles. The summed E-state index contributed by atoms with van der Waals surface area (Å²) in [5.74, 6) is 2.67. The SMILES string of the molecule is C[C@H]1CCc2c(sc3nc(-c4ccc5c(c4)OCO5)[nH]c(=O)c23)C1. The van der Waals surface area contributed by atoms with Gasteiger partial charge in [0.15, 0.2) is 11.5 Å². The Morgan fingerprint density at radius 3 is 3.08 bits per heavy atom. The van der Waals surface area contributed by atoms with Crippen molar-refractivity contribution in [2.45, 2.75) is 26.2 Å². The highest BCUT2D eigenvalue weighted by atomic mass is 32.1. The molecule has 0 saturated carbocycles. The van der Waals surface area contributed by atoms with Gasteiger partial charge in [0, 0.05) is 10.4 Å². The van der Waals surface area contributed by atoms with E-state index in [9.17, 15) is 4.79 Å². The van der Waals surface area contributed by atoms with Crippen LogP contribution in [0.5, 0.6) is 11.5 Å². The summed E-state index contributed by atoms with van der Waals surface area (Å²) in [5.41, 5.74) is 2.00. The number of aryl methyl sites for hydroxylation is 1. The van der Waals surface area contributed by atoms with Crippen molar-refractivity contribution >= 4 is 21.6 Å². The number of hydrogen-bond donors (Lipinski definition) is 1. The van der Waals surface area contributed by atoms with Gasteiger partial charge in [0.25, 0.3) is 5.56 Å². The molecule has 1 aliphatic carbocycles. The molecule has 0 spiro atoms. The number of hydrogen-bond acceptors (Lipinski definition) is 5. The predicted octanol–water partition coefficient (Wildman–Crippen LogP) is 3.51. The Balaban J connectivity index is 1.67. The summed E-state index contributed by atoms with van der Waals surface area (Å²) in [5, 5.41) is 0.784. The Bertz CT molecular complexity index is 1020. The van der Waals surface area contributed by atoms with Crippen molar-refractivity contribution in [1.29, 1.82) is 0 Å². The number of aromatic nitrogens is 2. The molecule has 0 bridgehead atoms. The molecule has 2 aromatic heterocycles. The van der Waals surface area contributed by atoms with Crippen molar-refractivity contribution in [1.82, 2.24) is 9.97 Å². The molecule has 0 unspecified atom stereocenters. The molecule has 122 valence electrons. The summed E-state index contributed by atoms with van der Waals surface area (Å²) in [6.45, 7) is 2.50. The van der Waals surface area contributed by atoms with Gasteiger partial charge in [-0.25, -0.2) is 4.98 Å². The topological polar surface area (TPSA) is 64.2 Å². The molecular formula is C18H16N2O3S. The molecule has 2 aliphatic rings. The van der Waals surface area contributed by atoms with E-state index in [0.717, 1.165) is 40.8 Å².